The van der Waals surface area contributed by atoms with E-state index in [4.69, 9.17) is 9.47 Å². The summed E-state index contributed by atoms with van der Waals surface area (Å²) >= 11 is 0. The van der Waals surface area contributed by atoms with E-state index < -0.39 is 0 Å². The minimum absolute atomic E-state index is 0.135. The second kappa shape index (κ2) is 9.97. The predicted molar refractivity (Wildman–Crippen MR) is 101 cm³/mol. The molecule has 2 rings (SSSR count). The summed E-state index contributed by atoms with van der Waals surface area (Å²) in [4.78, 5) is 18.8. The number of carbonyl (C=O) groups excluding carboxylic acids is 1. The summed E-state index contributed by atoms with van der Waals surface area (Å²) in [5.74, 6) is 2.17. The maximum Gasteiger partial charge on any atom is 0.223 e. The minimum atomic E-state index is 0.135. The highest BCUT2D eigenvalue weighted by atomic mass is 16.5. The minimum Gasteiger partial charge on any atom is -0.497 e. The van der Waals surface area contributed by atoms with Crippen LogP contribution in [0.25, 0.3) is 0 Å². The Morgan fingerprint density at radius 1 is 1.23 bits per heavy atom. The molecule has 0 atom stereocenters. The number of amides is 1. The fourth-order valence-electron chi connectivity index (χ4n) is 2.71. The highest BCUT2D eigenvalue weighted by Crippen LogP contribution is 2.14. The summed E-state index contributed by atoms with van der Waals surface area (Å²) in [7, 11) is 3.31. The van der Waals surface area contributed by atoms with Crippen LogP contribution in [0.5, 0.6) is 5.75 Å². The average molecular weight is 359 g/mol. The molecule has 0 aliphatic carbocycles. The van der Waals surface area contributed by atoms with Crippen LogP contribution < -0.4 is 4.74 Å². The van der Waals surface area contributed by atoms with Crippen LogP contribution in [0.4, 0.5) is 0 Å². The molecule has 0 fully saturated rings. The summed E-state index contributed by atoms with van der Waals surface area (Å²) in [5.41, 5.74) is 1.15. The van der Waals surface area contributed by atoms with Gasteiger partial charge in [0.15, 0.2) is 0 Å². The molecule has 142 valence electrons. The molecule has 0 radical (unpaired) electrons. The molecule has 6 nitrogen and oxygen atoms in total. The van der Waals surface area contributed by atoms with E-state index in [9.17, 15) is 4.79 Å². The van der Waals surface area contributed by atoms with Gasteiger partial charge in [-0.3, -0.25) is 4.79 Å². The Bertz CT molecular complexity index is 680. The number of ether oxygens (including phenoxy) is 2. The number of hydrogen-bond acceptors (Lipinski definition) is 4. The molecule has 6 heteroatoms. The molecule has 1 amide bonds. The van der Waals surface area contributed by atoms with E-state index >= 15 is 0 Å². The zero-order chi connectivity index (χ0) is 18.9. The van der Waals surface area contributed by atoms with E-state index in [0.717, 1.165) is 17.1 Å². The summed E-state index contributed by atoms with van der Waals surface area (Å²) in [5, 5.41) is 0. The molecular weight excluding hydrogens is 330 g/mol. The van der Waals surface area contributed by atoms with Gasteiger partial charge in [-0.05, 0) is 23.6 Å². The topological polar surface area (TPSA) is 56.6 Å². The molecule has 26 heavy (non-hydrogen) atoms. The molecule has 2 aromatic rings. The molecule has 0 N–H and O–H groups in total. The largest absolute Gasteiger partial charge is 0.497 e. The van der Waals surface area contributed by atoms with Crippen LogP contribution in [-0.2, 0) is 22.6 Å². The van der Waals surface area contributed by atoms with Crippen LogP contribution >= 0.6 is 0 Å². The van der Waals surface area contributed by atoms with Crippen LogP contribution in [-0.4, -0.2) is 47.7 Å². The molecule has 1 aromatic heterocycles. The van der Waals surface area contributed by atoms with Crippen molar-refractivity contribution in [3.63, 3.8) is 0 Å². The van der Waals surface area contributed by atoms with E-state index in [1.165, 1.54) is 0 Å². The van der Waals surface area contributed by atoms with E-state index in [1.807, 2.05) is 35.4 Å². The standard InChI is InChI=1S/C20H29N3O3/c1-16(2)13-20(24)23(11-12-25-3)15-19-21-9-10-22(19)14-17-5-7-18(26-4)8-6-17/h5-10,16H,11-15H2,1-4H3. The molecule has 0 unspecified atom stereocenters. The maximum atomic E-state index is 12.5. The van der Waals surface area contributed by atoms with Crippen molar-refractivity contribution in [2.24, 2.45) is 5.92 Å². The lowest BCUT2D eigenvalue weighted by Crippen LogP contribution is -2.35. The highest BCUT2D eigenvalue weighted by Gasteiger charge is 2.17. The van der Waals surface area contributed by atoms with Crippen molar-refractivity contribution in [2.45, 2.75) is 33.4 Å². The predicted octanol–water partition coefficient (Wildman–Crippen LogP) is 2.96. The molecule has 1 heterocycles. The lowest BCUT2D eigenvalue weighted by molar-refractivity contribution is -0.133. The van der Waals surface area contributed by atoms with Gasteiger partial charge in [0.1, 0.15) is 11.6 Å². The monoisotopic (exact) mass is 359 g/mol. The number of methoxy groups -OCH3 is 2. The van der Waals surface area contributed by atoms with Gasteiger partial charge < -0.3 is 18.9 Å². The molecule has 0 aliphatic heterocycles. The molecule has 0 saturated heterocycles. The number of nitrogens with zero attached hydrogens (tertiary/aromatic N) is 3. The van der Waals surface area contributed by atoms with Gasteiger partial charge in [0, 0.05) is 39.0 Å². The summed E-state index contributed by atoms with van der Waals surface area (Å²) < 4.78 is 12.4. The van der Waals surface area contributed by atoms with Crippen molar-refractivity contribution in [3.8, 4) is 5.75 Å². The summed E-state index contributed by atoms with van der Waals surface area (Å²) in [6.45, 7) is 6.38. The van der Waals surface area contributed by atoms with Gasteiger partial charge in [0.25, 0.3) is 0 Å². The number of rotatable bonds is 10. The lowest BCUT2D eigenvalue weighted by atomic mass is 10.1. The molecule has 0 saturated carbocycles. The van der Waals surface area contributed by atoms with Gasteiger partial charge in [-0.25, -0.2) is 4.98 Å². The Balaban J connectivity index is 2.09. The van der Waals surface area contributed by atoms with Crippen LogP contribution in [0.1, 0.15) is 31.7 Å². The molecule has 0 spiro atoms. The highest BCUT2D eigenvalue weighted by molar-refractivity contribution is 5.76. The first kappa shape index (κ1) is 20.0. The number of carbonyl (C=O) groups is 1. The average Bonchev–Trinajstić information content (AvgIpc) is 3.05. The third-order valence-electron chi connectivity index (χ3n) is 4.15. The fraction of sp³-hybridized carbons (Fsp3) is 0.500. The van der Waals surface area contributed by atoms with Crippen molar-refractivity contribution in [1.29, 1.82) is 0 Å². The Morgan fingerprint density at radius 2 is 1.96 bits per heavy atom. The van der Waals surface area contributed by atoms with Crippen molar-refractivity contribution in [3.05, 3.63) is 48.0 Å². The molecule has 0 aliphatic rings. The van der Waals surface area contributed by atoms with Crippen molar-refractivity contribution >= 4 is 5.91 Å². The van der Waals surface area contributed by atoms with Crippen LogP contribution in [0.3, 0.4) is 0 Å². The Kier molecular flexibility index (Phi) is 7.66. The van der Waals surface area contributed by atoms with Crippen LogP contribution in [0.2, 0.25) is 0 Å². The van der Waals surface area contributed by atoms with Crippen molar-refractivity contribution in [2.75, 3.05) is 27.4 Å². The van der Waals surface area contributed by atoms with Gasteiger partial charge >= 0.3 is 0 Å². The summed E-state index contributed by atoms with van der Waals surface area (Å²) in [6.07, 6.45) is 4.25. The Labute approximate surface area is 155 Å². The first-order valence-electron chi connectivity index (χ1n) is 8.93. The second-order valence-electron chi connectivity index (χ2n) is 6.73. The normalized spacial score (nSPS) is 11.0. The van der Waals surface area contributed by atoms with E-state index in [2.05, 4.69) is 23.4 Å². The maximum absolute atomic E-state index is 12.5. The third kappa shape index (κ3) is 5.88. The molecule has 1 aromatic carbocycles. The van der Waals surface area contributed by atoms with Crippen molar-refractivity contribution < 1.29 is 14.3 Å². The number of aromatic nitrogens is 2. The van der Waals surface area contributed by atoms with Gasteiger partial charge in [-0.2, -0.15) is 0 Å². The second-order valence-corrected chi connectivity index (χ2v) is 6.73. The SMILES string of the molecule is COCCN(Cc1nccn1Cc1ccc(OC)cc1)C(=O)CC(C)C. The van der Waals surface area contributed by atoms with E-state index in [1.54, 1.807) is 20.4 Å². The third-order valence-corrected chi connectivity index (χ3v) is 4.15. The summed E-state index contributed by atoms with van der Waals surface area (Å²) in [6, 6.07) is 7.97. The first-order chi connectivity index (χ1) is 12.5. The van der Waals surface area contributed by atoms with Gasteiger partial charge in [-0.1, -0.05) is 26.0 Å². The van der Waals surface area contributed by atoms with Gasteiger partial charge in [-0.15, -0.1) is 0 Å². The number of hydrogen-bond donors (Lipinski definition) is 0. The van der Waals surface area contributed by atoms with E-state index in [0.29, 0.717) is 38.6 Å². The first-order valence-corrected chi connectivity index (χ1v) is 8.93. The fourth-order valence-corrected chi connectivity index (χ4v) is 2.71. The van der Waals surface area contributed by atoms with Gasteiger partial charge in [0.2, 0.25) is 5.91 Å². The lowest BCUT2D eigenvalue weighted by Gasteiger charge is -2.23. The zero-order valence-electron chi connectivity index (χ0n) is 16.1. The molecular formula is C20H29N3O3. The Morgan fingerprint density at radius 3 is 2.58 bits per heavy atom. The van der Waals surface area contributed by atoms with Gasteiger partial charge in [0.05, 0.1) is 20.3 Å². The van der Waals surface area contributed by atoms with Crippen molar-refractivity contribution in [1.82, 2.24) is 14.5 Å². The van der Waals surface area contributed by atoms with Crippen LogP contribution in [0, 0.1) is 5.92 Å². The van der Waals surface area contributed by atoms with Crippen LogP contribution in [0.15, 0.2) is 36.7 Å². The number of benzene rings is 1. The van der Waals surface area contributed by atoms with E-state index in [-0.39, 0.29) is 5.91 Å². The quantitative estimate of drug-likeness (QED) is 0.654. The Hall–Kier alpha value is -2.34. The number of imidazole rings is 1. The molecule has 0 bridgehead atoms. The zero-order valence-corrected chi connectivity index (χ0v) is 16.1. The smallest absolute Gasteiger partial charge is 0.223 e.